The number of hydrogen-bond donors (Lipinski definition) is 1. The lowest BCUT2D eigenvalue weighted by Gasteiger charge is -2.18. The van der Waals surface area contributed by atoms with Gasteiger partial charge in [0.15, 0.2) is 0 Å². The number of alkyl halides is 1. The first-order valence-corrected chi connectivity index (χ1v) is 7.15. The summed E-state index contributed by atoms with van der Waals surface area (Å²) in [5.74, 6) is -0.207. The Balaban J connectivity index is 4.43. The Hall–Kier alpha value is -0.330. The van der Waals surface area contributed by atoms with E-state index in [2.05, 4.69) is 4.72 Å². The van der Waals surface area contributed by atoms with Gasteiger partial charge in [-0.3, -0.25) is 4.79 Å². The van der Waals surface area contributed by atoms with Crippen molar-refractivity contribution in [2.24, 2.45) is 5.92 Å². The van der Waals surface area contributed by atoms with E-state index >= 15 is 0 Å². The van der Waals surface area contributed by atoms with Gasteiger partial charge in [-0.2, -0.15) is 0 Å². The molecule has 0 saturated heterocycles. The van der Waals surface area contributed by atoms with Crippen molar-refractivity contribution in [1.82, 2.24) is 9.62 Å². The summed E-state index contributed by atoms with van der Waals surface area (Å²) in [5.41, 5.74) is 0. The number of carbonyl (C=O) groups excluding carboxylic acids is 1. The molecule has 2 atom stereocenters. The molecule has 0 aliphatic rings. The zero-order valence-electron chi connectivity index (χ0n) is 10.0. The van der Waals surface area contributed by atoms with Crippen LogP contribution in [-0.4, -0.2) is 51.0 Å². The monoisotopic (exact) mass is 270 g/mol. The second-order valence-corrected chi connectivity index (χ2v) is 6.22. The fourth-order valence-corrected chi connectivity index (χ4v) is 3.02. The number of amides is 1. The zero-order valence-corrected chi connectivity index (χ0v) is 11.6. The number of sulfonamides is 1. The lowest BCUT2D eigenvalue weighted by molar-refractivity contribution is -0.130. The van der Waals surface area contributed by atoms with Crippen molar-refractivity contribution in [3.63, 3.8) is 0 Å². The molecule has 1 N–H and O–H groups in total. The van der Waals surface area contributed by atoms with Crippen LogP contribution in [0.3, 0.4) is 0 Å². The molecule has 0 rings (SSSR count). The molecule has 0 heterocycles. The third-order valence-corrected chi connectivity index (χ3v) is 4.18. The molecule has 0 aromatic rings. The van der Waals surface area contributed by atoms with Crippen LogP contribution in [0.2, 0.25) is 0 Å². The Bertz CT molecular complexity index is 330. The summed E-state index contributed by atoms with van der Waals surface area (Å²) < 4.78 is 25.5. The molecule has 5 nitrogen and oxygen atoms in total. The van der Waals surface area contributed by atoms with Gasteiger partial charge in [-0.1, -0.05) is 6.92 Å². The number of carbonyl (C=O) groups is 1. The van der Waals surface area contributed by atoms with E-state index in [1.165, 1.54) is 11.8 Å². The first-order chi connectivity index (χ1) is 7.19. The first kappa shape index (κ1) is 15.7. The maximum Gasteiger partial charge on any atom is 0.239 e. The van der Waals surface area contributed by atoms with Crippen LogP contribution >= 0.6 is 11.6 Å². The molecule has 0 bridgehead atoms. The summed E-state index contributed by atoms with van der Waals surface area (Å²) in [7, 11) is -0.297. The number of halogens is 1. The average molecular weight is 271 g/mol. The number of nitrogens with zero attached hydrogens (tertiary/aromatic N) is 1. The van der Waals surface area contributed by atoms with E-state index in [9.17, 15) is 13.2 Å². The van der Waals surface area contributed by atoms with Crippen molar-refractivity contribution in [2.75, 3.05) is 25.7 Å². The van der Waals surface area contributed by atoms with Gasteiger partial charge in [0, 0.05) is 20.0 Å². The van der Waals surface area contributed by atoms with Crippen LogP contribution in [0.5, 0.6) is 0 Å². The van der Waals surface area contributed by atoms with Gasteiger partial charge in [0.1, 0.15) is 0 Å². The molecule has 1 amide bonds. The van der Waals surface area contributed by atoms with Gasteiger partial charge < -0.3 is 4.90 Å². The predicted octanol–water partition coefficient (Wildman–Crippen LogP) is 0.257. The number of hydrogen-bond acceptors (Lipinski definition) is 3. The number of nitrogens with one attached hydrogen (secondary N) is 1. The van der Waals surface area contributed by atoms with Crippen LogP contribution in [0.25, 0.3) is 0 Å². The summed E-state index contributed by atoms with van der Waals surface area (Å²) in [6.07, 6.45) is 0. The van der Waals surface area contributed by atoms with Crippen molar-refractivity contribution in [3.8, 4) is 0 Å². The van der Waals surface area contributed by atoms with Crippen LogP contribution in [-0.2, 0) is 14.8 Å². The quantitative estimate of drug-likeness (QED) is 0.704. The van der Waals surface area contributed by atoms with E-state index in [1.54, 1.807) is 21.0 Å². The average Bonchev–Trinajstić information content (AvgIpc) is 2.14. The van der Waals surface area contributed by atoms with Gasteiger partial charge >= 0.3 is 0 Å². The smallest absolute Gasteiger partial charge is 0.239 e. The largest absolute Gasteiger partial charge is 0.347 e. The first-order valence-electron chi connectivity index (χ1n) is 4.96. The summed E-state index contributed by atoms with van der Waals surface area (Å²) in [4.78, 5) is 12.8. The van der Waals surface area contributed by atoms with Gasteiger partial charge in [0.05, 0.1) is 11.8 Å². The lowest BCUT2D eigenvalue weighted by Crippen LogP contribution is -2.45. The minimum atomic E-state index is -3.45. The molecular weight excluding hydrogens is 252 g/mol. The molecule has 0 aromatic carbocycles. The topological polar surface area (TPSA) is 66.5 Å². The second kappa shape index (κ2) is 6.42. The molecule has 0 spiro atoms. The highest BCUT2D eigenvalue weighted by Gasteiger charge is 2.22. The molecule has 2 unspecified atom stereocenters. The van der Waals surface area contributed by atoms with Gasteiger partial charge in [0.25, 0.3) is 0 Å². The van der Waals surface area contributed by atoms with Crippen molar-refractivity contribution >= 4 is 27.5 Å². The van der Waals surface area contributed by atoms with Gasteiger partial charge in [-0.15, -0.1) is 11.6 Å². The molecule has 96 valence electrons. The highest BCUT2D eigenvalue weighted by atomic mass is 35.5. The molecule has 0 aliphatic carbocycles. The molecule has 0 fully saturated rings. The van der Waals surface area contributed by atoms with Gasteiger partial charge in [-0.05, 0) is 12.8 Å². The van der Waals surface area contributed by atoms with Crippen molar-refractivity contribution < 1.29 is 13.2 Å². The van der Waals surface area contributed by atoms with Crippen molar-refractivity contribution in [2.45, 2.75) is 19.9 Å². The summed E-state index contributed by atoms with van der Waals surface area (Å²) >= 11 is 5.54. The maximum absolute atomic E-state index is 11.6. The minimum Gasteiger partial charge on any atom is -0.347 e. The van der Waals surface area contributed by atoms with E-state index in [1.807, 2.05) is 0 Å². The molecule has 0 aliphatic heterocycles. The summed E-state index contributed by atoms with van der Waals surface area (Å²) in [6.45, 7) is 3.26. The van der Waals surface area contributed by atoms with E-state index in [4.69, 9.17) is 11.6 Å². The normalized spacial score (nSPS) is 15.6. The third kappa shape index (κ3) is 5.67. The highest BCUT2D eigenvalue weighted by molar-refractivity contribution is 7.89. The third-order valence-electron chi connectivity index (χ3n) is 1.93. The lowest BCUT2D eigenvalue weighted by atomic mass is 10.3. The van der Waals surface area contributed by atoms with E-state index in [0.29, 0.717) is 0 Å². The summed E-state index contributed by atoms with van der Waals surface area (Å²) in [6, 6.07) is -0.748. The van der Waals surface area contributed by atoms with Crippen LogP contribution in [0.1, 0.15) is 13.8 Å². The van der Waals surface area contributed by atoms with Crippen LogP contribution in [0.15, 0.2) is 0 Å². The molecule has 7 heteroatoms. The Morgan fingerprint density at radius 3 is 2.25 bits per heavy atom. The van der Waals surface area contributed by atoms with E-state index < -0.39 is 16.1 Å². The Morgan fingerprint density at radius 1 is 1.38 bits per heavy atom. The SMILES string of the molecule is CC(CCl)CS(=O)(=O)NC(C)C(=O)N(C)C. The predicted molar refractivity (Wildman–Crippen MR) is 65.0 cm³/mol. The fraction of sp³-hybridized carbons (Fsp3) is 0.889. The molecular formula is C9H19ClN2O3S. The summed E-state index contributed by atoms with van der Waals surface area (Å²) in [5, 5.41) is 0. The Morgan fingerprint density at radius 2 is 1.88 bits per heavy atom. The van der Waals surface area contributed by atoms with Gasteiger partial charge in [-0.25, -0.2) is 13.1 Å². The Labute approximate surface area is 102 Å². The molecule has 0 saturated carbocycles. The second-order valence-electron chi connectivity index (χ2n) is 4.11. The van der Waals surface area contributed by atoms with Crippen LogP contribution in [0, 0.1) is 5.92 Å². The number of rotatable bonds is 6. The van der Waals surface area contributed by atoms with E-state index in [0.717, 1.165) is 0 Å². The van der Waals surface area contributed by atoms with Crippen molar-refractivity contribution in [1.29, 1.82) is 0 Å². The molecule has 0 radical (unpaired) electrons. The van der Waals surface area contributed by atoms with E-state index in [-0.39, 0.29) is 23.5 Å². The van der Waals surface area contributed by atoms with Crippen LogP contribution < -0.4 is 4.72 Å². The van der Waals surface area contributed by atoms with Gasteiger partial charge in [0.2, 0.25) is 15.9 Å². The highest BCUT2D eigenvalue weighted by Crippen LogP contribution is 2.03. The van der Waals surface area contributed by atoms with Crippen LogP contribution in [0.4, 0.5) is 0 Å². The maximum atomic E-state index is 11.6. The number of likely N-dealkylation sites (N-methyl/N-ethyl adjacent to an activating group) is 1. The Kier molecular flexibility index (Phi) is 6.28. The minimum absolute atomic E-state index is 0.0679. The van der Waals surface area contributed by atoms with Crippen molar-refractivity contribution in [3.05, 3.63) is 0 Å². The molecule has 0 aromatic heterocycles. The fourth-order valence-electron chi connectivity index (χ4n) is 1.17. The molecule has 16 heavy (non-hydrogen) atoms. The standard InChI is InChI=1S/C9H19ClN2O3S/c1-7(5-10)6-16(14,15)11-8(2)9(13)12(3)4/h7-8,11H,5-6H2,1-4H3. The zero-order chi connectivity index (χ0) is 12.9.